The SMILES string of the molecule is O=C(O)c1cc(-c2ccc(CO)cc2)cc(S(=O)(=O)NC2CCCC2)c1. The molecule has 0 bridgehead atoms. The van der Waals surface area contributed by atoms with Gasteiger partial charge in [-0.2, -0.15) is 0 Å². The number of hydrogen-bond acceptors (Lipinski definition) is 4. The van der Waals surface area contributed by atoms with E-state index >= 15 is 0 Å². The predicted molar refractivity (Wildman–Crippen MR) is 97.3 cm³/mol. The summed E-state index contributed by atoms with van der Waals surface area (Å²) < 4.78 is 28.1. The molecule has 1 saturated carbocycles. The second-order valence-corrected chi connectivity index (χ2v) is 8.22. The van der Waals surface area contributed by atoms with E-state index in [1.54, 1.807) is 24.3 Å². The number of carboxylic acid groups (broad SMARTS) is 1. The van der Waals surface area contributed by atoms with E-state index in [4.69, 9.17) is 5.11 Å². The summed E-state index contributed by atoms with van der Waals surface area (Å²) in [6.07, 6.45) is 3.58. The van der Waals surface area contributed by atoms with E-state index < -0.39 is 16.0 Å². The fourth-order valence-corrected chi connectivity index (χ4v) is 4.55. The molecule has 0 aromatic heterocycles. The molecule has 1 aliphatic carbocycles. The normalized spacial score (nSPS) is 15.3. The van der Waals surface area contributed by atoms with Crippen molar-refractivity contribution >= 4 is 16.0 Å². The molecule has 0 amide bonds. The van der Waals surface area contributed by atoms with Crippen LogP contribution in [0.25, 0.3) is 11.1 Å². The van der Waals surface area contributed by atoms with Crippen molar-refractivity contribution in [2.75, 3.05) is 0 Å². The zero-order valence-electron chi connectivity index (χ0n) is 14.2. The van der Waals surface area contributed by atoms with Crippen molar-refractivity contribution < 1.29 is 23.4 Å². The van der Waals surface area contributed by atoms with E-state index in [0.29, 0.717) is 11.1 Å². The summed E-state index contributed by atoms with van der Waals surface area (Å²) in [6, 6.07) is 10.9. The maximum atomic E-state index is 12.7. The van der Waals surface area contributed by atoms with Gasteiger partial charge in [-0.25, -0.2) is 17.9 Å². The molecule has 2 aromatic carbocycles. The lowest BCUT2D eigenvalue weighted by Gasteiger charge is -2.14. The van der Waals surface area contributed by atoms with Crippen molar-refractivity contribution in [3.8, 4) is 11.1 Å². The van der Waals surface area contributed by atoms with Crippen molar-refractivity contribution in [2.24, 2.45) is 0 Å². The van der Waals surface area contributed by atoms with Crippen LogP contribution >= 0.6 is 0 Å². The van der Waals surface area contributed by atoms with Crippen LogP contribution < -0.4 is 4.72 Å². The monoisotopic (exact) mass is 375 g/mol. The largest absolute Gasteiger partial charge is 0.478 e. The van der Waals surface area contributed by atoms with Gasteiger partial charge in [0.1, 0.15) is 0 Å². The Kier molecular flexibility index (Phi) is 5.41. The molecule has 0 unspecified atom stereocenters. The van der Waals surface area contributed by atoms with E-state index in [9.17, 15) is 18.3 Å². The first-order chi connectivity index (χ1) is 12.4. The summed E-state index contributed by atoms with van der Waals surface area (Å²) in [5.41, 5.74) is 1.82. The molecule has 0 saturated heterocycles. The Morgan fingerprint density at radius 3 is 2.27 bits per heavy atom. The highest BCUT2D eigenvalue weighted by Gasteiger charge is 2.24. The van der Waals surface area contributed by atoms with Crippen LogP contribution in [-0.4, -0.2) is 30.6 Å². The minimum atomic E-state index is -3.80. The summed E-state index contributed by atoms with van der Waals surface area (Å²) in [5.74, 6) is -1.18. The van der Waals surface area contributed by atoms with Gasteiger partial charge in [-0.15, -0.1) is 0 Å². The molecule has 2 aromatic rings. The second-order valence-electron chi connectivity index (χ2n) is 6.51. The third-order valence-corrected chi connectivity index (χ3v) is 6.11. The van der Waals surface area contributed by atoms with Crippen LogP contribution in [0.2, 0.25) is 0 Å². The zero-order chi connectivity index (χ0) is 18.7. The predicted octanol–water partition coefficient (Wildman–Crippen LogP) is 2.77. The number of aliphatic hydroxyl groups is 1. The van der Waals surface area contributed by atoms with Crippen molar-refractivity contribution in [3.63, 3.8) is 0 Å². The van der Waals surface area contributed by atoms with Crippen molar-refractivity contribution in [2.45, 2.75) is 43.2 Å². The molecule has 0 heterocycles. The van der Waals surface area contributed by atoms with Crippen molar-refractivity contribution in [1.29, 1.82) is 0 Å². The molecule has 3 rings (SSSR count). The molecular formula is C19H21NO5S. The molecule has 7 heteroatoms. The third-order valence-electron chi connectivity index (χ3n) is 4.61. The number of rotatable bonds is 6. The number of hydrogen-bond donors (Lipinski definition) is 3. The van der Waals surface area contributed by atoms with E-state index in [0.717, 1.165) is 31.2 Å². The van der Waals surface area contributed by atoms with Crippen molar-refractivity contribution in [1.82, 2.24) is 4.72 Å². The molecule has 0 atom stereocenters. The van der Waals surface area contributed by atoms with Gasteiger partial charge >= 0.3 is 5.97 Å². The average molecular weight is 375 g/mol. The van der Waals surface area contributed by atoms with Gasteiger partial charge in [0, 0.05) is 6.04 Å². The number of carbonyl (C=O) groups is 1. The van der Waals surface area contributed by atoms with Gasteiger partial charge in [0.25, 0.3) is 0 Å². The first kappa shape index (κ1) is 18.6. The third kappa shape index (κ3) is 4.12. The van der Waals surface area contributed by atoms with Crippen LogP contribution in [0.15, 0.2) is 47.4 Å². The number of sulfonamides is 1. The Morgan fingerprint density at radius 2 is 1.69 bits per heavy atom. The fourth-order valence-electron chi connectivity index (χ4n) is 3.18. The Balaban J connectivity index is 2.01. The molecule has 138 valence electrons. The van der Waals surface area contributed by atoms with E-state index in [1.165, 1.54) is 18.2 Å². The zero-order valence-corrected chi connectivity index (χ0v) is 15.0. The van der Waals surface area contributed by atoms with E-state index in [-0.39, 0.29) is 23.1 Å². The Morgan fingerprint density at radius 1 is 1.04 bits per heavy atom. The molecular weight excluding hydrogens is 354 g/mol. The summed E-state index contributed by atoms with van der Waals surface area (Å²) in [7, 11) is -3.80. The lowest BCUT2D eigenvalue weighted by atomic mass is 10.0. The van der Waals surface area contributed by atoms with Crippen LogP contribution in [0.1, 0.15) is 41.6 Å². The Hall–Kier alpha value is -2.22. The molecule has 1 aliphatic rings. The lowest BCUT2D eigenvalue weighted by Crippen LogP contribution is -2.32. The van der Waals surface area contributed by atoms with Crippen LogP contribution in [-0.2, 0) is 16.6 Å². The maximum absolute atomic E-state index is 12.7. The Labute approximate surface area is 152 Å². The first-order valence-corrected chi connectivity index (χ1v) is 9.98. The Bertz CT molecular complexity index is 900. The van der Waals surface area contributed by atoms with Gasteiger partial charge < -0.3 is 10.2 Å². The first-order valence-electron chi connectivity index (χ1n) is 8.50. The van der Waals surface area contributed by atoms with Crippen LogP contribution in [0, 0.1) is 0 Å². The van der Waals surface area contributed by atoms with Crippen molar-refractivity contribution in [3.05, 3.63) is 53.6 Å². The number of aromatic carboxylic acids is 1. The lowest BCUT2D eigenvalue weighted by molar-refractivity contribution is 0.0696. The van der Waals surface area contributed by atoms with Gasteiger partial charge in [-0.1, -0.05) is 37.1 Å². The average Bonchev–Trinajstić information content (AvgIpc) is 3.13. The topological polar surface area (TPSA) is 104 Å². The van der Waals surface area contributed by atoms with Gasteiger partial charge in [0.05, 0.1) is 17.1 Å². The smallest absolute Gasteiger partial charge is 0.335 e. The molecule has 0 radical (unpaired) electrons. The highest BCUT2D eigenvalue weighted by molar-refractivity contribution is 7.89. The van der Waals surface area contributed by atoms with E-state index in [2.05, 4.69) is 4.72 Å². The van der Waals surface area contributed by atoms with Crippen LogP contribution in [0.5, 0.6) is 0 Å². The highest BCUT2D eigenvalue weighted by atomic mass is 32.2. The number of benzene rings is 2. The summed E-state index contributed by atoms with van der Waals surface area (Å²) >= 11 is 0. The molecule has 0 spiro atoms. The number of nitrogens with one attached hydrogen (secondary N) is 1. The number of carboxylic acids is 1. The molecule has 3 N–H and O–H groups in total. The van der Waals surface area contributed by atoms with Gasteiger partial charge in [-0.05, 0) is 47.7 Å². The molecule has 1 fully saturated rings. The van der Waals surface area contributed by atoms with E-state index in [1.807, 2.05) is 0 Å². The van der Waals surface area contributed by atoms with Crippen LogP contribution in [0.3, 0.4) is 0 Å². The van der Waals surface area contributed by atoms with Gasteiger partial charge in [0.2, 0.25) is 10.0 Å². The minimum Gasteiger partial charge on any atom is -0.478 e. The second kappa shape index (κ2) is 7.57. The molecule has 0 aliphatic heterocycles. The summed E-state index contributed by atoms with van der Waals surface area (Å²) in [5, 5.41) is 18.5. The maximum Gasteiger partial charge on any atom is 0.335 e. The molecule has 6 nitrogen and oxygen atoms in total. The quantitative estimate of drug-likeness (QED) is 0.720. The molecule has 26 heavy (non-hydrogen) atoms. The standard InChI is InChI=1S/C19H21NO5S/c21-12-13-5-7-14(8-6-13)15-9-16(19(22)23)11-18(10-15)26(24,25)20-17-3-1-2-4-17/h5-11,17,20-21H,1-4,12H2,(H,22,23). The number of aliphatic hydroxyl groups excluding tert-OH is 1. The summed E-state index contributed by atoms with van der Waals surface area (Å²) in [6.45, 7) is -0.0968. The highest BCUT2D eigenvalue weighted by Crippen LogP contribution is 2.27. The van der Waals surface area contributed by atoms with Gasteiger partial charge in [0.15, 0.2) is 0 Å². The summed E-state index contributed by atoms with van der Waals surface area (Å²) in [4.78, 5) is 11.4. The van der Waals surface area contributed by atoms with Gasteiger partial charge in [-0.3, -0.25) is 0 Å². The minimum absolute atomic E-state index is 0.0504. The van der Waals surface area contributed by atoms with Crippen LogP contribution in [0.4, 0.5) is 0 Å². The fraction of sp³-hybridized carbons (Fsp3) is 0.316.